The molecular formula is C14H21OSi. The molecule has 0 amide bonds. The lowest BCUT2D eigenvalue weighted by Crippen LogP contribution is -2.32. The molecule has 1 nitrogen and oxygen atoms in total. The highest BCUT2D eigenvalue weighted by Gasteiger charge is 2.20. The Hall–Kier alpha value is -0.863. The van der Waals surface area contributed by atoms with E-state index in [0.717, 1.165) is 6.42 Å². The zero-order valence-electron chi connectivity index (χ0n) is 10.7. The van der Waals surface area contributed by atoms with E-state index >= 15 is 0 Å². The molecule has 16 heavy (non-hydrogen) atoms. The zero-order valence-corrected chi connectivity index (χ0v) is 11.7. The predicted molar refractivity (Wildman–Crippen MR) is 72.9 cm³/mol. The Morgan fingerprint density at radius 3 is 2.62 bits per heavy atom. The molecule has 0 spiro atoms. The molecule has 0 aliphatic rings. The summed E-state index contributed by atoms with van der Waals surface area (Å²) in [6.07, 6.45) is 2.83. The Balaban J connectivity index is 2.75. The summed E-state index contributed by atoms with van der Waals surface area (Å²) in [5.41, 5.74) is 2.41. The standard InChI is InChI=1S/C14H21OSi/c1-6-12-8-7-9-13(10-12)11-14(2,3)15-16(4)5/h6-10H,1,11H2,2-5H3. The van der Waals surface area contributed by atoms with Gasteiger partial charge in [0.05, 0.1) is 5.60 Å². The van der Waals surface area contributed by atoms with E-state index in [4.69, 9.17) is 4.43 Å². The lowest BCUT2D eigenvalue weighted by molar-refractivity contribution is 0.110. The first kappa shape index (κ1) is 13.2. The van der Waals surface area contributed by atoms with Crippen LogP contribution in [-0.2, 0) is 10.8 Å². The highest BCUT2D eigenvalue weighted by Crippen LogP contribution is 2.19. The maximum Gasteiger partial charge on any atom is 0.205 e. The molecule has 1 aromatic carbocycles. The van der Waals surface area contributed by atoms with E-state index in [-0.39, 0.29) is 5.60 Å². The molecule has 87 valence electrons. The van der Waals surface area contributed by atoms with E-state index in [1.807, 2.05) is 6.08 Å². The second-order valence-electron chi connectivity index (χ2n) is 4.90. The van der Waals surface area contributed by atoms with Gasteiger partial charge in [-0.25, -0.2) is 0 Å². The second-order valence-corrected chi connectivity index (χ2v) is 6.92. The molecule has 0 aromatic heterocycles. The molecule has 0 atom stereocenters. The number of hydrogen-bond acceptors (Lipinski definition) is 1. The van der Waals surface area contributed by atoms with E-state index < -0.39 is 9.04 Å². The molecule has 0 aliphatic carbocycles. The maximum absolute atomic E-state index is 5.99. The van der Waals surface area contributed by atoms with Crippen molar-refractivity contribution in [2.24, 2.45) is 0 Å². The van der Waals surface area contributed by atoms with E-state index in [2.05, 4.69) is 57.8 Å². The number of hydrogen-bond donors (Lipinski definition) is 0. The average molecular weight is 233 g/mol. The van der Waals surface area contributed by atoms with Crippen molar-refractivity contribution in [3.8, 4) is 0 Å². The van der Waals surface area contributed by atoms with Crippen molar-refractivity contribution < 1.29 is 4.43 Å². The molecule has 0 N–H and O–H groups in total. The van der Waals surface area contributed by atoms with Crippen LogP contribution in [0.5, 0.6) is 0 Å². The second kappa shape index (κ2) is 5.46. The van der Waals surface area contributed by atoms with Gasteiger partial charge >= 0.3 is 0 Å². The fourth-order valence-corrected chi connectivity index (χ4v) is 3.09. The first-order valence-corrected chi connectivity index (χ1v) is 8.04. The Labute approximate surface area is 101 Å². The Morgan fingerprint density at radius 1 is 1.38 bits per heavy atom. The topological polar surface area (TPSA) is 9.23 Å². The smallest absolute Gasteiger partial charge is 0.205 e. The van der Waals surface area contributed by atoms with E-state index in [9.17, 15) is 0 Å². The van der Waals surface area contributed by atoms with Crippen LogP contribution < -0.4 is 0 Å². The molecule has 0 saturated heterocycles. The van der Waals surface area contributed by atoms with Gasteiger partial charge in [0.25, 0.3) is 0 Å². The molecule has 0 bridgehead atoms. The van der Waals surface area contributed by atoms with Gasteiger partial charge < -0.3 is 4.43 Å². The Kier molecular flexibility index (Phi) is 4.51. The van der Waals surface area contributed by atoms with Crippen LogP contribution >= 0.6 is 0 Å². The molecule has 0 saturated carbocycles. The van der Waals surface area contributed by atoms with E-state index in [0.29, 0.717) is 0 Å². The lowest BCUT2D eigenvalue weighted by atomic mass is 9.97. The quantitative estimate of drug-likeness (QED) is 0.700. The van der Waals surface area contributed by atoms with Gasteiger partial charge in [0.15, 0.2) is 0 Å². The van der Waals surface area contributed by atoms with Gasteiger partial charge in [-0.1, -0.05) is 36.9 Å². The van der Waals surface area contributed by atoms with Crippen LogP contribution in [0.1, 0.15) is 25.0 Å². The van der Waals surface area contributed by atoms with E-state index in [1.165, 1.54) is 11.1 Å². The number of benzene rings is 1. The van der Waals surface area contributed by atoms with E-state index in [1.54, 1.807) is 0 Å². The van der Waals surface area contributed by atoms with Gasteiger partial charge in [-0.05, 0) is 44.5 Å². The van der Waals surface area contributed by atoms with Crippen LogP contribution in [0.25, 0.3) is 6.08 Å². The fourth-order valence-electron chi connectivity index (χ4n) is 1.91. The van der Waals surface area contributed by atoms with Gasteiger partial charge in [-0.15, -0.1) is 0 Å². The molecule has 0 fully saturated rings. The molecule has 2 heteroatoms. The van der Waals surface area contributed by atoms with Crippen molar-refractivity contribution >= 4 is 15.1 Å². The van der Waals surface area contributed by atoms with Crippen LogP contribution in [0.15, 0.2) is 30.8 Å². The summed E-state index contributed by atoms with van der Waals surface area (Å²) in [7, 11) is -0.646. The van der Waals surface area contributed by atoms with Crippen molar-refractivity contribution in [1.29, 1.82) is 0 Å². The summed E-state index contributed by atoms with van der Waals surface area (Å²) >= 11 is 0. The largest absolute Gasteiger partial charge is 0.412 e. The van der Waals surface area contributed by atoms with Gasteiger partial charge in [-0.2, -0.15) is 0 Å². The third-order valence-corrected chi connectivity index (χ3v) is 3.26. The van der Waals surface area contributed by atoms with Gasteiger partial charge in [0.2, 0.25) is 9.04 Å². The monoisotopic (exact) mass is 233 g/mol. The molecule has 1 aromatic rings. The van der Waals surface area contributed by atoms with Crippen molar-refractivity contribution in [3.63, 3.8) is 0 Å². The van der Waals surface area contributed by atoms with Crippen LogP contribution in [0.2, 0.25) is 13.1 Å². The number of rotatable bonds is 5. The highest BCUT2D eigenvalue weighted by atomic mass is 28.3. The molecule has 0 aliphatic heterocycles. The summed E-state index contributed by atoms with van der Waals surface area (Å²) in [6.45, 7) is 12.5. The summed E-state index contributed by atoms with van der Waals surface area (Å²) < 4.78 is 5.99. The molecule has 1 radical (unpaired) electrons. The highest BCUT2D eigenvalue weighted by molar-refractivity contribution is 6.48. The van der Waals surface area contributed by atoms with Crippen LogP contribution in [0.4, 0.5) is 0 Å². The van der Waals surface area contributed by atoms with Gasteiger partial charge in [0.1, 0.15) is 0 Å². The summed E-state index contributed by atoms with van der Waals surface area (Å²) in [5.74, 6) is 0. The molecular weight excluding hydrogens is 212 g/mol. The average Bonchev–Trinajstić information content (AvgIpc) is 2.15. The molecule has 0 unspecified atom stereocenters. The molecule has 0 heterocycles. The predicted octanol–water partition coefficient (Wildman–Crippen LogP) is 3.92. The minimum Gasteiger partial charge on any atom is -0.412 e. The third-order valence-electron chi connectivity index (χ3n) is 2.30. The van der Waals surface area contributed by atoms with Gasteiger partial charge in [-0.3, -0.25) is 0 Å². The first-order valence-electron chi connectivity index (χ1n) is 5.63. The zero-order chi connectivity index (χ0) is 12.2. The van der Waals surface area contributed by atoms with Gasteiger partial charge in [0, 0.05) is 0 Å². The summed E-state index contributed by atoms with van der Waals surface area (Å²) in [4.78, 5) is 0. The fraction of sp³-hybridized carbons (Fsp3) is 0.429. The summed E-state index contributed by atoms with van der Waals surface area (Å²) in [5, 5.41) is 0. The van der Waals surface area contributed by atoms with Crippen molar-refractivity contribution in [2.75, 3.05) is 0 Å². The Morgan fingerprint density at radius 2 is 2.06 bits per heavy atom. The van der Waals surface area contributed by atoms with Crippen molar-refractivity contribution in [2.45, 2.75) is 39.0 Å². The molecule has 1 rings (SSSR count). The minimum atomic E-state index is -0.646. The van der Waals surface area contributed by atoms with Crippen molar-refractivity contribution in [3.05, 3.63) is 42.0 Å². The SMILES string of the molecule is C=Cc1cccc(CC(C)(C)O[Si](C)C)c1. The van der Waals surface area contributed by atoms with Crippen LogP contribution in [0.3, 0.4) is 0 Å². The Bertz CT molecular complexity index is 356. The van der Waals surface area contributed by atoms with Crippen molar-refractivity contribution in [1.82, 2.24) is 0 Å². The minimum absolute atomic E-state index is 0.0718. The summed E-state index contributed by atoms with van der Waals surface area (Å²) in [6, 6.07) is 8.47. The van der Waals surface area contributed by atoms with Crippen LogP contribution in [-0.4, -0.2) is 14.6 Å². The normalized spacial score (nSPS) is 11.8. The lowest BCUT2D eigenvalue weighted by Gasteiger charge is -2.28. The van der Waals surface area contributed by atoms with Crippen LogP contribution in [0, 0.1) is 0 Å². The third kappa shape index (κ3) is 4.33. The first-order chi connectivity index (χ1) is 7.43. The maximum atomic E-state index is 5.99.